The smallest absolute Gasteiger partial charge is 0.318 e. The molecule has 7 heteroatoms. The Labute approximate surface area is 116 Å². The fraction of sp³-hybridized carbons (Fsp3) is 0.583. The predicted octanol–water partition coefficient (Wildman–Crippen LogP) is 1.85. The number of aliphatic carboxylic acids is 1. The number of hydrogen-bond acceptors (Lipinski definition) is 4. The van der Waals surface area contributed by atoms with E-state index in [1.165, 1.54) is 11.3 Å². The quantitative estimate of drug-likeness (QED) is 0.870. The van der Waals surface area contributed by atoms with E-state index in [2.05, 4.69) is 0 Å². The van der Waals surface area contributed by atoms with Crippen LogP contribution in [0.5, 0.6) is 0 Å². The first-order valence-corrected chi connectivity index (χ1v) is 8.35. The van der Waals surface area contributed by atoms with E-state index >= 15 is 0 Å². The first-order valence-electron chi connectivity index (χ1n) is 6.09. The first-order chi connectivity index (χ1) is 8.80. The van der Waals surface area contributed by atoms with E-state index in [9.17, 15) is 13.2 Å². The van der Waals surface area contributed by atoms with E-state index in [4.69, 9.17) is 5.11 Å². The number of carbonyl (C=O) groups is 1. The molecule has 0 aromatic carbocycles. The monoisotopic (exact) mass is 303 g/mol. The van der Waals surface area contributed by atoms with E-state index in [1.807, 2.05) is 6.92 Å². The molecule has 2 rings (SSSR count). The average molecular weight is 303 g/mol. The lowest BCUT2D eigenvalue weighted by atomic mass is 10.4. The molecular weight excluding hydrogens is 286 g/mol. The molecule has 19 heavy (non-hydrogen) atoms. The van der Waals surface area contributed by atoms with Gasteiger partial charge in [-0.15, -0.1) is 11.3 Å². The molecule has 1 saturated carbocycles. The summed E-state index contributed by atoms with van der Waals surface area (Å²) in [6.45, 7) is 3.44. The lowest BCUT2D eigenvalue weighted by Gasteiger charge is -2.20. The van der Waals surface area contributed by atoms with Gasteiger partial charge in [-0.1, -0.05) is 0 Å². The van der Waals surface area contributed by atoms with Crippen molar-refractivity contribution in [1.82, 2.24) is 4.31 Å². The molecule has 0 bridgehead atoms. The fourth-order valence-electron chi connectivity index (χ4n) is 1.99. The first kappa shape index (κ1) is 14.5. The lowest BCUT2D eigenvalue weighted by Crippen LogP contribution is -2.37. The Morgan fingerprint density at radius 2 is 2.11 bits per heavy atom. The number of carboxylic acid groups (broad SMARTS) is 1. The Morgan fingerprint density at radius 3 is 2.53 bits per heavy atom. The second-order valence-corrected chi connectivity index (χ2v) is 8.28. The maximum Gasteiger partial charge on any atom is 0.318 e. The van der Waals surface area contributed by atoms with Crippen molar-refractivity contribution in [3.05, 3.63) is 15.8 Å². The molecule has 0 atom stereocenters. The van der Waals surface area contributed by atoms with Crippen LogP contribution >= 0.6 is 11.3 Å². The van der Waals surface area contributed by atoms with E-state index in [0.29, 0.717) is 17.3 Å². The highest BCUT2D eigenvalue weighted by atomic mass is 32.2. The Hall–Kier alpha value is -0.920. The number of rotatable bonds is 6. The normalized spacial score (nSPS) is 15.9. The van der Waals surface area contributed by atoms with Crippen LogP contribution in [0.2, 0.25) is 0 Å². The summed E-state index contributed by atoms with van der Waals surface area (Å²) in [6.07, 6.45) is 1.96. The summed E-state index contributed by atoms with van der Waals surface area (Å²) in [6, 6.07) is 1.62. The molecule has 1 aromatic rings. The molecule has 0 amide bonds. The Morgan fingerprint density at radius 1 is 1.47 bits per heavy atom. The fourth-order valence-corrected chi connectivity index (χ4v) is 4.98. The molecule has 5 nitrogen and oxygen atoms in total. The molecule has 0 saturated heterocycles. The molecular formula is C12H17NO4S2. The highest BCUT2D eigenvalue weighted by molar-refractivity contribution is 7.89. The number of nitrogens with zero attached hydrogens (tertiary/aromatic N) is 1. The van der Waals surface area contributed by atoms with Crippen LogP contribution < -0.4 is 0 Å². The van der Waals surface area contributed by atoms with E-state index in [1.54, 1.807) is 13.0 Å². The number of sulfonamides is 1. The van der Waals surface area contributed by atoms with Crippen LogP contribution in [0.1, 0.15) is 22.6 Å². The average Bonchev–Trinajstić information content (AvgIpc) is 3.01. The molecule has 1 aromatic heterocycles. The van der Waals surface area contributed by atoms with Crippen LogP contribution in [-0.4, -0.2) is 36.9 Å². The third-order valence-corrected chi connectivity index (χ3v) is 6.12. The van der Waals surface area contributed by atoms with E-state index in [-0.39, 0.29) is 4.90 Å². The molecule has 0 unspecified atom stereocenters. The molecule has 1 heterocycles. The molecule has 0 aliphatic heterocycles. The summed E-state index contributed by atoms with van der Waals surface area (Å²) in [5.41, 5.74) is 0. The standard InChI is InChI=1S/C12H17NO4S2/c1-8-5-11(9(2)18-8)19(16,17)13(7-12(14)15)6-10-3-4-10/h5,10H,3-4,6-7H2,1-2H3,(H,14,15). The van der Waals surface area contributed by atoms with Gasteiger partial charge in [0.15, 0.2) is 0 Å². The maximum atomic E-state index is 12.5. The highest BCUT2D eigenvalue weighted by Crippen LogP contribution is 2.33. The van der Waals surface area contributed by atoms with Crippen LogP contribution in [0.4, 0.5) is 0 Å². The summed E-state index contributed by atoms with van der Waals surface area (Å²) in [7, 11) is -3.70. The zero-order valence-corrected chi connectivity index (χ0v) is 12.6. The summed E-state index contributed by atoms with van der Waals surface area (Å²) >= 11 is 1.41. The molecule has 0 spiro atoms. The zero-order valence-electron chi connectivity index (χ0n) is 10.9. The minimum absolute atomic E-state index is 0.247. The Kier molecular flexibility index (Phi) is 3.98. The Balaban J connectivity index is 2.32. The summed E-state index contributed by atoms with van der Waals surface area (Å²) in [5, 5.41) is 8.90. The van der Waals surface area contributed by atoms with Gasteiger partial charge in [0.1, 0.15) is 6.54 Å². The molecule has 0 radical (unpaired) electrons. The van der Waals surface area contributed by atoms with Crippen molar-refractivity contribution in [2.24, 2.45) is 5.92 Å². The third-order valence-electron chi connectivity index (χ3n) is 3.08. The summed E-state index contributed by atoms with van der Waals surface area (Å²) in [5.74, 6) is -0.803. The van der Waals surface area contributed by atoms with Crippen molar-refractivity contribution in [1.29, 1.82) is 0 Å². The van der Waals surface area contributed by atoms with Gasteiger partial charge < -0.3 is 5.11 Å². The van der Waals surface area contributed by atoms with E-state index in [0.717, 1.165) is 22.0 Å². The van der Waals surface area contributed by atoms with E-state index < -0.39 is 22.5 Å². The third kappa shape index (κ3) is 3.34. The van der Waals surface area contributed by atoms with Gasteiger partial charge in [-0.2, -0.15) is 4.31 Å². The van der Waals surface area contributed by atoms with Gasteiger partial charge in [-0.05, 0) is 38.7 Å². The highest BCUT2D eigenvalue weighted by Gasteiger charge is 2.34. The van der Waals surface area contributed by atoms with Crippen molar-refractivity contribution in [3.63, 3.8) is 0 Å². The predicted molar refractivity (Wildman–Crippen MR) is 72.9 cm³/mol. The molecule has 1 aliphatic carbocycles. The number of aryl methyl sites for hydroxylation is 2. The topological polar surface area (TPSA) is 74.7 Å². The Bertz CT molecular complexity index is 587. The number of carboxylic acids is 1. The van der Waals surface area contributed by atoms with Gasteiger partial charge in [-0.3, -0.25) is 4.79 Å². The van der Waals surface area contributed by atoms with Gasteiger partial charge in [0.25, 0.3) is 0 Å². The van der Waals surface area contributed by atoms with Crippen molar-refractivity contribution in [2.75, 3.05) is 13.1 Å². The summed E-state index contributed by atoms with van der Waals surface area (Å²) < 4.78 is 26.2. The SMILES string of the molecule is Cc1cc(S(=O)(=O)N(CC(=O)O)CC2CC2)c(C)s1. The number of hydrogen-bond donors (Lipinski definition) is 1. The minimum Gasteiger partial charge on any atom is -0.480 e. The van der Waals surface area contributed by atoms with Crippen LogP contribution in [0.15, 0.2) is 11.0 Å². The second kappa shape index (κ2) is 5.22. The lowest BCUT2D eigenvalue weighted by molar-refractivity contribution is -0.137. The second-order valence-electron chi connectivity index (χ2n) is 4.91. The van der Waals surface area contributed by atoms with Crippen LogP contribution in [0.25, 0.3) is 0 Å². The molecule has 1 fully saturated rings. The van der Waals surface area contributed by atoms with Crippen molar-refractivity contribution in [3.8, 4) is 0 Å². The summed E-state index contributed by atoms with van der Waals surface area (Å²) in [4.78, 5) is 12.7. The van der Waals surface area contributed by atoms with Crippen LogP contribution in [0, 0.1) is 19.8 Å². The van der Waals surface area contributed by atoms with Crippen molar-refractivity contribution in [2.45, 2.75) is 31.6 Å². The maximum absolute atomic E-state index is 12.5. The largest absolute Gasteiger partial charge is 0.480 e. The number of thiophene rings is 1. The van der Waals surface area contributed by atoms with Gasteiger partial charge in [-0.25, -0.2) is 8.42 Å². The van der Waals surface area contributed by atoms with Crippen LogP contribution in [0.3, 0.4) is 0 Å². The molecule has 1 aliphatic rings. The van der Waals surface area contributed by atoms with Gasteiger partial charge in [0.2, 0.25) is 10.0 Å². The van der Waals surface area contributed by atoms with Gasteiger partial charge in [0, 0.05) is 16.3 Å². The molecule has 1 N–H and O–H groups in total. The van der Waals surface area contributed by atoms with Crippen LogP contribution in [-0.2, 0) is 14.8 Å². The zero-order chi connectivity index (χ0) is 14.2. The van der Waals surface area contributed by atoms with Crippen molar-refractivity contribution >= 4 is 27.3 Å². The molecule has 106 valence electrons. The van der Waals surface area contributed by atoms with Gasteiger partial charge >= 0.3 is 5.97 Å². The van der Waals surface area contributed by atoms with Gasteiger partial charge in [0.05, 0.1) is 4.90 Å². The van der Waals surface area contributed by atoms with Crippen molar-refractivity contribution < 1.29 is 18.3 Å². The minimum atomic E-state index is -3.70.